The lowest BCUT2D eigenvalue weighted by atomic mass is 9.79. The number of benzene rings is 1. The first-order chi connectivity index (χ1) is 9.87. The maximum Gasteiger partial charge on any atom is 0.150 e. The Morgan fingerprint density at radius 2 is 2.10 bits per heavy atom. The average Bonchev–Trinajstić information content (AvgIpc) is 2.44. The van der Waals surface area contributed by atoms with Crippen molar-refractivity contribution in [2.24, 2.45) is 5.73 Å². The first kappa shape index (κ1) is 16.2. The Morgan fingerprint density at radius 3 is 2.81 bits per heavy atom. The first-order valence-corrected chi connectivity index (χ1v) is 9.46. The van der Waals surface area contributed by atoms with Crippen LogP contribution in [0.3, 0.4) is 0 Å². The summed E-state index contributed by atoms with van der Waals surface area (Å²) in [5.74, 6) is 0.174. The summed E-state index contributed by atoms with van der Waals surface area (Å²) in [5, 5.41) is 0. The summed E-state index contributed by atoms with van der Waals surface area (Å²) >= 11 is 0. The standard InChI is InChI=1S/C16H23NO3S/c1-21(19,20)10-9-15(17)16(18)11-13-7-4-6-12-5-2-3-8-14(12)13/h2-3,5,8,13,15H,4,6-7,9-11,17H2,1H3. The molecule has 0 amide bonds. The van der Waals surface area contributed by atoms with Crippen LogP contribution in [0.25, 0.3) is 0 Å². The normalized spacial score (nSPS) is 19.8. The fraction of sp³-hybridized carbons (Fsp3) is 0.562. The van der Waals surface area contributed by atoms with Crippen molar-refractivity contribution in [3.8, 4) is 0 Å². The van der Waals surface area contributed by atoms with Crippen LogP contribution in [0.1, 0.15) is 42.7 Å². The lowest BCUT2D eigenvalue weighted by Gasteiger charge is -2.25. The van der Waals surface area contributed by atoms with Gasteiger partial charge in [-0.15, -0.1) is 0 Å². The maximum absolute atomic E-state index is 12.2. The number of rotatable bonds is 6. The number of aryl methyl sites for hydroxylation is 1. The third kappa shape index (κ3) is 4.64. The second-order valence-corrected chi connectivity index (χ2v) is 8.24. The molecule has 0 aliphatic heterocycles. The molecule has 5 heteroatoms. The Kier molecular flexibility index (Phi) is 5.17. The van der Waals surface area contributed by atoms with Crippen molar-refractivity contribution in [2.75, 3.05) is 12.0 Å². The molecule has 1 aromatic carbocycles. The van der Waals surface area contributed by atoms with E-state index in [4.69, 9.17) is 5.73 Å². The van der Waals surface area contributed by atoms with Crippen LogP contribution in [0.4, 0.5) is 0 Å². The van der Waals surface area contributed by atoms with Gasteiger partial charge in [-0.3, -0.25) is 4.79 Å². The van der Waals surface area contributed by atoms with Gasteiger partial charge in [-0.2, -0.15) is 0 Å². The van der Waals surface area contributed by atoms with E-state index in [9.17, 15) is 13.2 Å². The van der Waals surface area contributed by atoms with Crippen molar-refractivity contribution in [1.29, 1.82) is 0 Å². The summed E-state index contributed by atoms with van der Waals surface area (Å²) < 4.78 is 22.3. The smallest absolute Gasteiger partial charge is 0.150 e. The van der Waals surface area contributed by atoms with Crippen LogP contribution in [-0.2, 0) is 21.1 Å². The summed E-state index contributed by atoms with van der Waals surface area (Å²) in [6, 6.07) is 7.57. The Bertz CT molecular complexity index is 610. The van der Waals surface area contributed by atoms with E-state index in [2.05, 4.69) is 12.1 Å². The number of carbonyl (C=O) groups excluding carboxylic acids is 1. The first-order valence-electron chi connectivity index (χ1n) is 7.40. The highest BCUT2D eigenvalue weighted by molar-refractivity contribution is 7.90. The summed E-state index contributed by atoms with van der Waals surface area (Å²) in [6.07, 6.45) is 4.96. The molecule has 116 valence electrons. The van der Waals surface area contributed by atoms with Crippen LogP contribution in [0.15, 0.2) is 24.3 Å². The number of hydrogen-bond acceptors (Lipinski definition) is 4. The molecule has 1 aliphatic carbocycles. The molecule has 0 bridgehead atoms. The maximum atomic E-state index is 12.2. The van der Waals surface area contributed by atoms with Crippen LogP contribution in [0.5, 0.6) is 0 Å². The van der Waals surface area contributed by atoms with E-state index in [1.54, 1.807) is 0 Å². The fourth-order valence-corrected chi connectivity index (χ4v) is 3.64. The highest BCUT2D eigenvalue weighted by Gasteiger charge is 2.25. The molecule has 0 heterocycles. The molecule has 2 unspecified atom stereocenters. The van der Waals surface area contributed by atoms with Gasteiger partial charge in [0.25, 0.3) is 0 Å². The minimum atomic E-state index is -3.07. The third-order valence-electron chi connectivity index (χ3n) is 4.15. The van der Waals surface area contributed by atoms with Gasteiger partial charge in [0.05, 0.1) is 11.8 Å². The molecule has 1 aliphatic rings. The largest absolute Gasteiger partial charge is 0.321 e. The van der Waals surface area contributed by atoms with E-state index < -0.39 is 15.9 Å². The van der Waals surface area contributed by atoms with Gasteiger partial charge in [0.15, 0.2) is 0 Å². The van der Waals surface area contributed by atoms with Gasteiger partial charge in [0, 0.05) is 12.7 Å². The lowest BCUT2D eigenvalue weighted by Crippen LogP contribution is -2.33. The molecule has 0 aromatic heterocycles. The molecule has 0 saturated heterocycles. The van der Waals surface area contributed by atoms with E-state index in [0.717, 1.165) is 19.3 Å². The Balaban J connectivity index is 1.97. The van der Waals surface area contributed by atoms with Crippen LogP contribution in [0, 0.1) is 0 Å². The molecule has 0 radical (unpaired) electrons. The molecule has 0 fully saturated rings. The number of ketones is 1. The number of hydrogen-bond donors (Lipinski definition) is 1. The number of fused-ring (bicyclic) bond motifs is 1. The van der Waals surface area contributed by atoms with E-state index in [1.807, 2.05) is 12.1 Å². The van der Waals surface area contributed by atoms with Gasteiger partial charge in [-0.1, -0.05) is 24.3 Å². The van der Waals surface area contributed by atoms with Crippen molar-refractivity contribution < 1.29 is 13.2 Å². The number of Topliss-reactive ketones (excluding diaryl/α,β-unsaturated/α-hetero) is 1. The van der Waals surface area contributed by atoms with Crippen molar-refractivity contribution in [3.63, 3.8) is 0 Å². The third-order valence-corrected chi connectivity index (χ3v) is 5.13. The second kappa shape index (κ2) is 6.71. The predicted molar refractivity (Wildman–Crippen MR) is 84.0 cm³/mol. The van der Waals surface area contributed by atoms with Crippen LogP contribution < -0.4 is 5.73 Å². The quantitative estimate of drug-likeness (QED) is 0.869. The number of nitrogens with two attached hydrogens (primary N) is 1. The molecule has 2 rings (SSSR count). The number of sulfone groups is 1. The summed E-state index contributed by atoms with van der Waals surface area (Å²) in [5.41, 5.74) is 8.43. The minimum Gasteiger partial charge on any atom is -0.321 e. The number of carbonyl (C=O) groups is 1. The highest BCUT2D eigenvalue weighted by Crippen LogP contribution is 2.34. The molecule has 2 N–H and O–H groups in total. The van der Waals surface area contributed by atoms with E-state index in [0.29, 0.717) is 6.42 Å². The molecule has 1 aromatic rings. The van der Waals surface area contributed by atoms with Crippen molar-refractivity contribution in [3.05, 3.63) is 35.4 Å². The molecule has 0 spiro atoms. The monoisotopic (exact) mass is 309 g/mol. The van der Waals surface area contributed by atoms with Gasteiger partial charge < -0.3 is 5.73 Å². The van der Waals surface area contributed by atoms with E-state index in [1.165, 1.54) is 17.4 Å². The Morgan fingerprint density at radius 1 is 1.38 bits per heavy atom. The summed E-state index contributed by atoms with van der Waals surface area (Å²) in [6.45, 7) is 0. The zero-order valence-corrected chi connectivity index (χ0v) is 13.2. The molecule has 0 saturated carbocycles. The minimum absolute atomic E-state index is 0.0266. The Labute approximate surface area is 126 Å². The highest BCUT2D eigenvalue weighted by atomic mass is 32.2. The van der Waals surface area contributed by atoms with Crippen LogP contribution >= 0.6 is 0 Å². The molecule has 4 nitrogen and oxygen atoms in total. The zero-order valence-electron chi connectivity index (χ0n) is 12.4. The van der Waals surface area contributed by atoms with E-state index in [-0.39, 0.29) is 23.9 Å². The van der Waals surface area contributed by atoms with Gasteiger partial charge in [0.2, 0.25) is 0 Å². The van der Waals surface area contributed by atoms with E-state index >= 15 is 0 Å². The predicted octanol–water partition coefficient (Wildman–Crippen LogP) is 1.83. The average molecular weight is 309 g/mol. The summed E-state index contributed by atoms with van der Waals surface area (Å²) in [7, 11) is -3.07. The van der Waals surface area contributed by atoms with Crippen LogP contribution in [-0.4, -0.2) is 32.3 Å². The van der Waals surface area contributed by atoms with Gasteiger partial charge in [0.1, 0.15) is 15.6 Å². The molecular formula is C16H23NO3S. The molecular weight excluding hydrogens is 286 g/mol. The van der Waals surface area contributed by atoms with Crippen molar-refractivity contribution in [2.45, 2.75) is 44.1 Å². The fourth-order valence-electron chi connectivity index (χ4n) is 2.96. The summed E-state index contributed by atoms with van der Waals surface area (Å²) in [4.78, 5) is 12.2. The lowest BCUT2D eigenvalue weighted by molar-refractivity contribution is -0.120. The van der Waals surface area contributed by atoms with Gasteiger partial charge >= 0.3 is 0 Å². The van der Waals surface area contributed by atoms with Crippen molar-refractivity contribution in [1.82, 2.24) is 0 Å². The second-order valence-electron chi connectivity index (χ2n) is 5.98. The zero-order chi connectivity index (χ0) is 15.5. The van der Waals surface area contributed by atoms with Crippen LogP contribution in [0.2, 0.25) is 0 Å². The molecule has 2 atom stereocenters. The SMILES string of the molecule is CS(=O)(=O)CCC(N)C(=O)CC1CCCc2ccccc21. The van der Waals surface area contributed by atoms with Crippen molar-refractivity contribution >= 4 is 15.6 Å². The molecule has 21 heavy (non-hydrogen) atoms. The topological polar surface area (TPSA) is 77.2 Å². The Hall–Kier alpha value is -1.20. The van der Waals surface area contributed by atoms with Gasteiger partial charge in [-0.05, 0) is 42.7 Å². The van der Waals surface area contributed by atoms with Gasteiger partial charge in [-0.25, -0.2) is 8.42 Å².